The van der Waals surface area contributed by atoms with E-state index in [-0.39, 0.29) is 5.91 Å². The Kier molecular flexibility index (Phi) is 4.11. The van der Waals surface area contributed by atoms with Gasteiger partial charge in [-0.25, -0.2) is 0 Å². The number of H-pyrrole nitrogens is 1. The number of primary amides is 1. The Morgan fingerprint density at radius 3 is 2.95 bits per heavy atom. The van der Waals surface area contributed by atoms with Crippen LogP contribution in [-0.4, -0.2) is 35.6 Å². The summed E-state index contributed by atoms with van der Waals surface area (Å²) in [5, 5.41) is 3.74. The summed E-state index contributed by atoms with van der Waals surface area (Å²) in [4.78, 5) is 26.9. The average molecular weight is 301 g/mol. The standard InChI is InChI=1S/C16H19N3O3/c17-15(20)13(19-16(21)14-6-3-7-22-14)8-10-9-18-12-5-2-1-4-11(10)12/h1-2,4-5,9,13-14,18H,3,6-8H2,(H2,17,20)(H,19,21)/t13-,14+/m1/s1. The van der Waals surface area contributed by atoms with Crippen molar-refractivity contribution in [3.63, 3.8) is 0 Å². The second-order valence-corrected chi connectivity index (χ2v) is 5.53. The van der Waals surface area contributed by atoms with Crippen LogP contribution in [0.25, 0.3) is 10.9 Å². The number of aromatic amines is 1. The SMILES string of the molecule is NC(=O)[C@@H](Cc1c[nH]c2ccccc12)NC(=O)[C@@H]1CCCO1. The van der Waals surface area contributed by atoms with Crippen molar-refractivity contribution >= 4 is 22.7 Å². The van der Waals surface area contributed by atoms with Crippen molar-refractivity contribution in [3.8, 4) is 0 Å². The fraction of sp³-hybridized carbons (Fsp3) is 0.375. The predicted molar refractivity (Wildman–Crippen MR) is 82.1 cm³/mol. The van der Waals surface area contributed by atoms with Gasteiger partial charge in [0.05, 0.1) is 0 Å². The number of carbonyl (C=O) groups excluding carboxylic acids is 2. The summed E-state index contributed by atoms with van der Waals surface area (Å²) >= 11 is 0. The molecule has 1 saturated heterocycles. The van der Waals surface area contributed by atoms with E-state index in [1.54, 1.807) is 0 Å². The molecule has 4 N–H and O–H groups in total. The molecule has 22 heavy (non-hydrogen) atoms. The number of aromatic nitrogens is 1. The summed E-state index contributed by atoms with van der Waals surface area (Å²) < 4.78 is 5.33. The molecule has 2 amide bonds. The molecule has 6 heteroatoms. The van der Waals surface area contributed by atoms with E-state index in [9.17, 15) is 9.59 Å². The minimum absolute atomic E-state index is 0.263. The molecule has 0 aliphatic carbocycles. The summed E-state index contributed by atoms with van der Waals surface area (Å²) in [6, 6.07) is 7.07. The van der Waals surface area contributed by atoms with Crippen LogP contribution in [0.1, 0.15) is 18.4 Å². The van der Waals surface area contributed by atoms with Gasteiger partial charge in [-0.3, -0.25) is 9.59 Å². The van der Waals surface area contributed by atoms with E-state index in [1.165, 1.54) is 0 Å². The number of para-hydroxylation sites is 1. The van der Waals surface area contributed by atoms with Crippen LogP contribution in [0.3, 0.4) is 0 Å². The Hall–Kier alpha value is -2.34. The highest BCUT2D eigenvalue weighted by atomic mass is 16.5. The molecule has 2 atom stereocenters. The lowest BCUT2D eigenvalue weighted by atomic mass is 10.0. The molecule has 0 bridgehead atoms. The summed E-state index contributed by atoms with van der Waals surface area (Å²) in [7, 11) is 0. The largest absolute Gasteiger partial charge is 0.368 e. The van der Waals surface area contributed by atoms with Gasteiger partial charge in [-0.1, -0.05) is 18.2 Å². The fourth-order valence-electron chi connectivity index (χ4n) is 2.79. The maximum Gasteiger partial charge on any atom is 0.249 e. The first kappa shape index (κ1) is 14.6. The third-order valence-electron chi connectivity index (χ3n) is 3.98. The van der Waals surface area contributed by atoms with Crippen molar-refractivity contribution in [2.75, 3.05) is 6.61 Å². The van der Waals surface area contributed by atoms with Crippen molar-refractivity contribution < 1.29 is 14.3 Å². The minimum atomic E-state index is -0.740. The van der Waals surface area contributed by atoms with Crippen molar-refractivity contribution in [2.24, 2.45) is 5.73 Å². The van der Waals surface area contributed by atoms with Crippen LogP contribution in [-0.2, 0) is 20.7 Å². The zero-order chi connectivity index (χ0) is 15.5. The molecule has 2 aromatic rings. The molecule has 0 radical (unpaired) electrons. The number of hydrogen-bond acceptors (Lipinski definition) is 3. The summed E-state index contributed by atoms with van der Waals surface area (Å²) in [5.74, 6) is -0.808. The summed E-state index contributed by atoms with van der Waals surface area (Å²) in [6.07, 6.45) is 3.29. The van der Waals surface area contributed by atoms with Crippen LogP contribution >= 0.6 is 0 Å². The third kappa shape index (κ3) is 2.96. The maximum atomic E-state index is 12.1. The van der Waals surface area contributed by atoms with Crippen molar-refractivity contribution in [2.45, 2.75) is 31.4 Å². The maximum absolute atomic E-state index is 12.1. The molecule has 116 valence electrons. The molecule has 1 aliphatic heterocycles. The molecule has 2 heterocycles. The number of rotatable bonds is 5. The van der Waals surface area contributed by atoms with Gasteiger partial charge in [0, 0.05) is 30.1 Å². The molecule has 6 nitrogen and oxygen atoms in total. The van der Waals surface area contributed by atoms with E-state index in [1.807, 2.05) is 30.5 Å². The second-order valence-electron chi connectivity index (χ2n) is 5.53. The molecule has 1 aliphatic rings. The lowest BCUT2D eigenvalue weighted by Crippen LogP contribution is -2.49. The van der Waals surface area contributed by atoms with Crippen molar-refractivity contribution in [1.29, 1.82) is 0 Å². The van der Waals surface area contributed by atoms with Crippen LogP contribution < -0.4 is 11.1 Å². The molecule has 0 unspecified atom stereocenters. The monoisotopic (exact) mass is 301 g/mol. The summed E-state index contributed by atoms with van der Waals surface area (Å²) in [6.45, 7) is 0.585. The second kappa shape index (κ2) is 6.19. The molecule has 1 aromatic heterocycles. The number of carbonyl (C=O) groups is 2. The van der Waals surface area contributed by atoms with E-state index >= 15 is 0 Å². The van der Waals surface area contributed by atoms with Gasteiger partial charge in [0.1, 0.15) is 12.1 Å². The van der Waals surface area contributed by atoms with E-state index in [0.717, 1.165) is 22.9 Å². The van der Waals surface area contributed by atoms with Gasteiger partial charge >= 0.3 is 0 Å². The van der Waals surface area contributed by atoms with E-state index in [2.05, 4.69) is 10.3 Å². The van der Waals surface area contributed by atoms with E-state index in [4.69, 9.17) is 10.5 Å². The molecule has 1 aromatic carbocycles. The number of benzene rings is 1. The van der Waals surface area contributed by atoms with E-state index in [0.29, 0.717) is 19.4 Å². The molecular weight excluding hydrogens is 282 g/mol. The quantitative estimate of drug-likeness (QED) is 0.764. The number of nitrogens with one attached hydrogen (secondary N) is 2. The van der Waals surface area contributed by atoms with Crippen LogP contribution in [0.4, 0.5) is 0 Å². The zero-order valence-corrected chi connectivity index (χ0v) is 12.2. The molecule has 3 rings (SSSR count). The van der Waals surface area contributed by atoms with Gasteiger partial charge in [0.25, 0.3) is 0 Å². The van der Waals surface area contributed by atoms with Crippen LogP contribution in [0.15, 0.2) is 30.5 Å². The number of amides is 2. The zero-order valence-electron chi connectivity index (χ0n) is 12.2. The Bertz CT molecular complexity index is 689. The van der Waals surface area contributed by atoms with Gasteiger partial charge in [-0.2, -0.15) is 0 Å². The Morgan fingerprint density at radius 2 is 2.23 bits per heavy atom. The first-order valence-electron chi connectivity index (χ1n) is 7.41. The topological polar surface area (TPSA) is 97.2 Å². The van der Waals surface area contributed by atoms with Gasteiger partial charge in [-0.05, 0) is 24.5 Å². The highest BCUT2D eigenvalue weighted by Crippen LogP contribution is 2.19. The summed E-state index contributed by atoms with van der Waals surface area (Å²) in [5.41, 5.74) is 7.38. The lowest BCUT2D eigenvalue weighted by molar-refractivity contribution is -0.133. The average Bonchev–Trinajstić information content (AvgIpc) is 3.16. The highest BCUT2D eigenvalue weighted by molar-refractivity contribution is 5.90. The number of fused-ring (bicyclic) bond motifs is 1. The van der Waals surface area contributed by atoms with Crippen molar-refractivity contribution in [3.05, 3.63) is 36.0 Å². The Balaban J connectivity index is 1.74. The van der Waals surface area contributed by atoms with Gasteiger partial charge in [0.2, 0.25) is 11.8 Å². The fourth-order valence-corrected chi connectivity index (χ4v) is 2.79. The van der Waals surface area contributed by atoms with Crippen LogP contribution in [0.5, 0.6) is 0 Å². The molecule has 0 saturated carbocycles. The first-order valence-corrected chi connectivity index (χ1v) is 7.41. The van der Waals surface area contributed by atoms with Gasteiger partial charge in [0.15, 0.2) is 0 Å². The number of ether oxygens (including phenoxy) is 1. The normalized spacial score (nSPS) is 19.2. The smallest absolute Gasteiger partial charge is 0.249 e. The first-order chi connectivity index (χ1) is 10.6. The van der Waals surface area contributed by atoms with E-state index < -0.39 is 18.1 Å². The Labute approximate surface area is 128 Å². The minimum Gasteiger partial charge on any atom is -0.368 e. The van der Waals surface area contributed by atoms with Gasteiger partial charge in [-0.15, -0.1) is 0 Å². The van der Waals surface area contributed by atoms with Crippen LogP contribution in [0, 0.1) is 0 Å². The Morgan fingerprint density at radius 1 is 1.41 bits per heavy atom. The number of hydrogen-bond donors (Lipinski definition) is 3. The molecule has 0 spiro atoms. The third-order valence-corrected chi connectivity index (χ3v) is 3.98. The number of nitrogens with two attached hydrogens (primary N) is 1. The van der Waals surface area contributed by atoms with Crippen LogP contribution in [0.2, 0.25) is 0 Å². The molecular formula is C16H19N3O3. The predicted octanol–water partition coefficient (Wildman–Crippen LogP) is 0.859. The highest BCUT2D eigenvalue weighted by Gasteiger charge is 2.27. The lowest BCUT2D eigenvalue weighted by Gasteiger charge is -2.17. The van der Waals surface area contributed by atoms with Crippen molar-refractivity contribution in [1.82, 2.24) is 10.3 Å². The molecule has 1 fully saturated rings. The van der Waals surface area contributed by atoms with Gasteiger partial charge < -0.3 is 20.8 Å².